The second-order valence-electron chi connectivity index (χ2n) is 8.22. The first-order valence-corrected chi connectivity index (χ1v) is 12.5. The van der Waals surface area contributed by atoms with E-state index >= 15 is 0 Å². The van der Waals surface area contributed by atoms with Gasteiger partial charge < -0.3 is 10.1 Å². The Balaban J connectivity index is 2.19. The number of amides is 1. The van der Waals surface area contributed by atoms with Gasteiger partial charge in [0, 0.05) is 31.7 Å². The molecule has 0 aliphatic heterocycles. The molecule has 9 heteroatoms. The van der Waals surface area contributed by atoms with Crippen molar-refractivity contribution in [2.24, 2.45) is 5.92 Å². The van der Waals surface area contributed by atoms with Crippen LogP contribution in [0.15, 0.2) is 23.1 Å². The Labute approximate surface area is 192 Å². The third-order valence-electron chi connectivity index (χ3n) is 5.46. The number of nitrogens with zero attached hydrogens (tertiary/aromatic N) is 3. The SMILES string of the molecule is CCN(CC)S(=O)(=O)c1ccc(OC)c(NC(=O)CCc2c(C)nn(CC(C)C)c2C)c1. The number of aryl methyl sites for hydroxylation is 1. The van der Waals surface area contributed by atoms with Gasteiger partial charge in [-0.05, 0) is 49.9 Å². The van der Waals surface area contributed by atoms with Gasteiger partial charge in [0.05, 0.1) is 23.4 Å². The number of hydrogen-bond donors (Lipinski definition) is 1. The molecule has 1 amide bonds. The highest BCUT2D eigenvalue weighted by atomic mass is 32.2. The first-order chi connectivity index (χ1) is 15.0. The Morgan fingerprint density at radius 2 is 1.88 bits per heavy atom. The molecule has 1 heterocycles. The van der Waals surface area contributed by atoms with Crippen LogP contribution < -0.4 is 10.1 Å². The van der Waals surface area contributed by atoms with Crippen molar-refractivity contribution >= 4 is 21.6 Å². The van der Waals surface area contributed by atoms with Crippen molar-refractivity contribution in [2.75, 3.05) is 25.5 Å². The molecule has 0 aliphatic carbocycles. The van der Waals surface area contributed by atoms with Gasteiger partial charge in [0.1, 0.15) is 5.75 Å². The van der Waals surface area contributed by atoms with E-state index in [0.29, 0.717) is 36.9 Å². The van der Waals surface area contributed by atoms with Crippen LogP contribution in [-0.2, 0) is 27.8 Å². The minimum absolute atomic E-state index is 0.124. The fraction of sp³-hybridized carbons (Fsp3) is 0.565. The molecule has 32 heavy (non-hydrogen) atoms. The molecule has 0 fully saturated rings. The second kappa shape index (κ2) is 11.0. The summed E-state index contributed by atoms with van der Waals surface area (Å²) in [4.78, 5) is 12.8. The summed E-state index contributed by atoms with van der Waals surface area (Å²) in [5, 5.41) is 7.43. The maximum atomic E-state index is 12.9. The monoisotopic (exact) mass is 464 g/mol. The summed E-state index contributed by atoms with van der Waals surface area (Å²) in [6, 6.07) is 4.52. The van der Waals surface area contributed by atoms with Crippen LogP contribution in [-0.4, -0.2) is 48.6 Å². The molecule has 1 N–H and O–H groups in total. The maximum Gasteiger partial charge on any atom is 0.243 e. The van der Waals surface area contributed by atoms with Crippen molar-refractivity contribution in [3.05, 3.63) is 35.2 Å². The van der Waals surface area contributed by atoms with E-state index < -0.39 is 10.0 Å². The van der Waals surface area contributed by atoms with Crippen molar-refractivity contribution in [3.63, 3.8) is 0 Å². The number of rotatable bonds is 11. The fourth-order valence-corrected chi connectivity index (χ4v) is 5.21. The minimum Gasteiger partial charge on any atom is -0.495 e. The molecule has 0 saturated carbocycles. The first kappa shape index (κ1) is 25.9. The van der Waals surface area contributed by atoms with E-state index in [1.807, 2.05) is 18.5 Å². The zero-order chi connectivity index (χ0) is 24.1. The molecule has 1 aromatic heterocycles. The Bertz CT molecular complexity index is 1040. The molecule has 0 bridgehead atoms. The third-order valence-corrected chi connectivity index (χ3v) is 7.51. The number of anilines is 1. The number of nitrogens with one attached hydrogen (secondary N) is 1. The largest absolute Gasteiger partial charge is 0.495 e. The zero-order valence-electron chi connectivity index (χ0n) is 20.2. The van der Waals surface area contributed by atoms with Gasteiger partial charge in [-0.3, -0.25) is 9.48 Å². The molecule has 2 aromatic rings. The van der Waals surface area contributed by atoms with Gasteiger partial charge in [0.25, 0.3) is 0 Å². The quantitative estimate of drug-likeness (QED) is 0.546. The molecule has 8 nitrogen and oxygen atoms in total. The number of ether oxygens (including phenoxy) is 1. The maximum absolute atomic E-state index is 12.9. The van der Waals surface area contributed by atoms with Crippen LogP contribution in [0.1, 0.15) is 51.1 Å². The van der Waals surface area contributed by atoms with E-state index in [1.165, 1.54) is 23.5 Å². The summed E-state index contributed by atoms with van der Waals surface area (Å²) >= 11 is 0. The van der Waals surface area contributed by atoms with Crippen molar-refractivity contribution in [1.29, 1.82) is 0 Å². The van der Waals surface area contributed by atoms with Gasteiger partial charge in [-0.15, -0.1) is 0 Å². The lowest BCUT2D eigenvalue weighted by molar-refractivity contribution is -0.116. The van der Waals surface area contributed by atoms with Gasteiger partial charge in [0.2, 0.25) is 15.9 Å². The van der Waals surface area contributed by atoms with Gasteiger partial charge in [-0.25, -0.2) is 8.42 Å². The number of hydrogen-bond acceptors (Lipinski definition) is 5. The number of carbonyl (C=O) groups excluding carboxylic acids is 1. The topological polar surface area (TPSA) is 93.5 Å². The summed E-state index contributed by atoms with van der Waals surface area (Å²) in [6.07, 6.45) is 0.812. The van der Waals surface area contributed by atoms with Crippen molar-refractivity contribution in [1.82, 2.24) is 14.1 Å². The summed E-state index contributed by atoms with van der Waals surface area (Å²) in [6.45, 7) is 13.4. The molecule has 0 aliphatic rings. The highest BCUT2D eigenvalue weighted by Crippen LogP contribution is 2.29. The Morgan fingerprint density at radius 1 is 1.22 bits per heavy atom. The highest BCUT2D eigenvalue weighted by Gasteiger charge is 2.23. The lowest BCUT2D eigenvalue weighted by atomic mass is 10.1. The number of sulfonamides is 1. The molecule has 0 atom stereocenters. The van der Waals surface area contributed by atoms with Crippen molar-refractivity contribution in [3.8, 4) is 5.75 Å². The predicted molar refractivity (Wildman–Crippen MR) is 127 cm³/mol. The summed E-state index contributed by atoms with van der Waals surface area (Å²) < 4.78 is 34.4. The molecular weight excluding hydrogens is 428 g/mol. The first-order valence-electron chi connectivity index (χ1n) is 11.1. The van der Waals surface area contributed by atoms with Crippen LogP contribution in [0.5, 0.6) is 5.75 Å². The molecule has 1 aromatic carbocycles. The Hall–Kier alpha value is -2.39. The van der Waals surface area contributed by atoms with E-state index in [2.05, 4.69) is 24.3 Å². The summed E-state index contributed by atoms with van der Waals surface area (Å²) in [7, 11) is -2.16. The van der Waals surface area contributed by atoms with E-state index in [9.17, 15) is 13.2 Å². The molecule has 0 spiro atoms. The molecule has 2 rings (SSSR count). The van der Waals surface area contributed by atoms with Crippen LogP contribution >= 0.6 is 0 Å². The zero-order valence-corrected chi connectivity index (χ0v) is 21.0. The van der Waals surface area contributed by atoms with Gasteiger partial charge in [-0.2, -0.15) is 9.40 Å². The number of carbonyl (C=O) groups is 1. The fourth-order valence-electron chi connectivity index (χ4n) is 3.73. The molecule has 0 radical (unpaired) electrons. The lowest BCUT2D eigenvalue weighted by Crippen LogP contribution is -2.30. The Kier molecular flexibility index (Phi) is 8.86. The van der Waals surface area contributed by atoms with E-state index in [4.69, 9.17) is 4.74 Å². The smallest absolute Gasteiger partial charge is 0.243 e. The van der Waals surface area contributed by atoms with Gasteiger partial charge in [-0.1, -0.05) is 27.7 Å². The molecular formula is C23H36N4O4S. The van der Waals surface area contributed by atoms with E-state index in [1.54, 1.807) is 19.9 Å². The third kappa shape index (κ3) is 5.89. The normalized spacial score (nSPS) is 11.9. The van der Waals surface area contributed by atoms with Crippen LogP contribution in [0, 0.1) is 19.8 Å². The van der Waals surface area contributed by atoms with E-state index in [-0.39, 0.29) is 17.2 Å². The second-order valence-corrected chi connectivity index (χ2v) is 10.2. The lowest BCUT2D eigenvalue weighted by Gasteiger charge is -2.19. The van der Waals surface area contributed by atoms with Crippen LogP contribution in [0.25, 0.3) is 0 Å². The Morgan fingerprint density at radius 3 is 2.44 bits per heavy atom. The standard InChI is InChI=1S/C23H36N4O4S/c1-8-26(9-2)32(29,30)19-10-12-22(31-7)21(14-19)24-23(28)13-11-20-17(5)25-27(18(20)6)15-16(3)4/h10,12,14,16H,8-9,11,13,15H2,1-7H3,(H,24,28). The number of benzene rings is 1. The van der Waals surface area contributed by atoms with Crippen LogP contribution in [0.2, 0.25) is 0 Å². The summed E-state index contributed by atoms with van der Waals surface area (Å²) in [5.41, 5.74) is 3.43. The van der Waals surface area contributed by atoms with Crippen LogP contribution in [0.4, 0.5) is 5.69 Å². The van der Waals surface area contributed by atoms with Crippen molar-refractivity contribution in [2.45, 2.75) is 65.8 Å². The molecule has 0 saturated heterocycles. The minimum atomic E-state index is -3.64. The average molecular weight is 465 g/mol. The van der Waals surface area contributed by atoms with Crippen LogP contribution in [0.3, 0.4) is 0 Å². The van der Waals surface area contributed by atoms with Crippen molar-refractivity contribution < 1.29 is 17.9 Å². The number of methoxy groups -OCH3 is 1. The molecule has 0 unspecified atom stereocenters. The highest BCUT2D eigenvalue weighted by molar-refractivity contribution is 7.89. The average Bonchev–Trinajstić information content (AvgIpc) is 2.99. The molecule has 178 valence electrons. The number of aromatic nitrogens is 2. The van der Waals surface area contributed by atoms with E-state index in [0.717, 1.165) is 23.5 Å². The van der Waals surface area contributed by atoms with Gasteiger partial charge >= 0.3 is 0 Å². The summed E-state index contributed by atoms with van der Waals surface area (Å²) in [5.74, 6) is 0.682. The van der Waals surface area contributed by atoms with Gasteiger partial charge in [0.15, 0.2) is 0 Å². The predicted octanol–water partition coefficient (Wildman–Crippen LogP) is 3.77.